The monoisotopic (exact) mass is 440 g/mol. The third-order valence-corrected chi connectivity index (χ3v) is 8.05. The second-order valence-corrected chi connectivity index (χ2v) is 10.3. The van der Waals surface area contributed by atoms with E-state index in [-0.39, 0.29) is 10.8 Å². The number of hydrogen-bond acceptors (Lipinski definition) is 2. The molecule has 6 rings (SSSR count). The Morgan fingerprint density at radius 3 is 2.00 bits per heavy atom. The van der Waals surface area contributed by atoms with Gasteiger partial charge in [-0.05, 0) is 45.2 Å². The third kappa shape index (κ3) is 2.95. The third-order valence-electron chi connectivity index (χ3n) is 8.05. The lowest BCUT2D eigenvalue weighted by molar-refractivity contribution is 0.299. The topological polar surface area (TPSA) is 25.8 Å². The summed E-state index contributed by atoms with van der Waals surface area (Å²) >= 11 is 0. The number of benzene rings is 4. The molecule has 0 fully saturated rings. The first-order valence-corrected chi connectivity index (χ1v) is 11.9. The minimum atomic E-state index is -0.0498. The maximum atomic E-state index is 5.11. The molecule has 0 N–H and O–H groups in total. The van der Waals surface area contributed by atoms with E-state index in [0.29, 0.717) is 0 Å². The number of fused-ring (bicyclic) bond motifs is 4. The molecule has 0 saturated carbocycles. The molecule has 2 heteroatoms. The van der Waals surface area contributed by atoms with Gasteiger partial charge < -0.3 is 0 Å². The van der Waals surface area contributed by atoms with E-state index in [4.69, 9.17) is 9.97 Å². The summed E-state index contributed by atoms with van der Waals surface area (Å²) < 4.78 is 0. The van der Waals surface area contributed by atoms with Crippen LogP contribution in [0.25, 0.3) is 44.7 Å². The van der Waals surface area contributed by atoms with Gasteiger partial charge in [0.25, 0.3) is 0 Å². The van der Waals surface area contributed by atoms with Crippen molar-refractivity contribution in [3.63, 3.8) is 0 Å². The molecule has 1 aromatic heterocycles. The van der Waals surface area contributed by atoms with Crippen molar-refractivity contribution in [1.82, 2.24) is 9.97 Å². The molecule has 0 amide bonds. The molecule has 0 saturated heterocycles. The highest BCUT2D eigenvalue weighted by molar-refractivity contribution is 5.93. The van der Waals surface area contributed by atoms with E-state index in [0.717, 1.165) is 33.5 Å². The van der Waals surface area contributed by atoms with Crippen LogP contribution < -0.4 is 0 Å². The van der Waals surface area contributed by atoms with Crippen LogP contribution in [0.15, 0.2) is 97.1 Å². The Labute approximate surface area is 201 Å². The Hall–Kier alpha value is -3.78. The Morgan fingerprint density at radius 2 is 1.18 bits per heavy atom. The molecule has 4 aromatic carbocycles. The number of aromatic nitrogens is 2. The van der Waals surface area contributed by atoms with Gasteiger partial charge in [-0.2, -0.15) is 0 Å². The smallest absolute Gasteiger partial charge is 0.160 e. The minimum absolute atomic E-state index is 0.00530. The molecule has 0 spiro atoms. The first kappa shape index (κ1) is 20.8. The van der Waals surface area contributed by atoms with Crippen LogP contribution in [0, 0.1) is 0 Å². The van der Waals surface area contributed by atoms with Crippen LogP contribution in [0.3, 0.4) is 0 Å². The lowest BCUT2D eigenvalue weighted by Crippen LogP contribution is -2.43. The molecule has 0 unspecified atom stereocenters. The number of rotatable bonds is 2. The van der Waals surface area contributed by atoms with Gasteiger partial charge in [0, 0.05) is 16.5 Å². The summed E-state index contributed by atoms with van der Waals surface area (Å²) in [4.78, 5) is 10.1. The largest absolute Gasteiger partial charge is 0.228 e. The van der Waals surface area contributed by atoms with E-state index in [1.54, 1.807) is 0 Å². The first-order valence-electron chi connectivity index (χ1n) is 11.9. The van der Waals surface area contributed by atoms with Gasteiger partial charge in [-0.3, -0.25) is 0 Å². The summed E-state index contributed by atoms with van der Waals surface area (Å²) in [5.74, 6) is 0.771. The number of hydrogen-bond donors (Lipinski definition) is 0. The maximum Gasteiger partial charge on any atom is 0.160 e. The van der Waals surface area contributed by atoms with E-state index >= 15 is 0 Å². The Balaban J connectivity index is 1.60. The van der Waals surface area contributed by atoms with Crippen molar-refractivity contribution >= 4 is 10.9 Å². The molecular formula is C32H28N2. The van der Waals surface area contributed by atoms with Gasteiger partial charge in [0.1, 0.15) is 0 Å². The molecule has 2 nitrogen and oxygen atoms in total. The predicted molar refractivity (Wildman–Crippen MR) is 142 cm³/mol. The van der Waals surface area contributed by atoms with Crippen LogP contribution >= 0.6 is 0 Å². The maximum absolute atomic E-state index is 5.11. The van der Waals surface area contributed by atoms with Crippen LogP contribution in [0.1, 0.15) is 38.8 Å². The van der Waals surface area contributed by atoms with E-state index in [1.165, 1.54) is 22.3 Å². The van der Waals surface area contributed by atoms with Crippen molar-refractivity contribution in [2.45, 2.75) is 38.5 Å². The highest BCUT2D eigenvalue weighted by Crippen LogP contribution is 2.54. The lowest BCUT2D eigenvalue weighted by atomic mass is 9.55. The Bertz CT molecular complexity index is 1540. The molecule has 1 heterocycles. The van der Waals surface area contributed by atoms with E-state index in [2.05, 4.69) is 113 Å². The molecule has 0 atom stereocenters. The Morgan fingerprint density at radius 1 is 0.529 bits per heavy atom. The van der Waals surface area contributed by atoms with Crippen molar-refractivity contribution in [3.8, 4) is 33.8 Å². The highest BCUT2D eigenvalue weighted by Gasteiger charge is 2.45. The van der Waals surface area contributed by atoms with Crippen molar-refractivity contribution in [1.29, 1.82) is 0 Å². The van der Waals surface area contributed by atoms with Gasteiger partial charge in [0.15, 0.2) is 5.82 Å². The molecule has 1 aliphatic carbocycles. The van der Waals surface area contributed by atoms with Crippen LogP contribution in [0.2, 0.25) is 0 Å². The van der Waals surface area contributed by atoms with Crippen molar-refractivity contribution in [2.75, 3.05) is 0 Å². The molecule has 0 radical (unpaired) electrons. The summed E-state index contributed by atoms with van der Waals surface area (Å²) in [7, 11) is 0. The summed E-state index contributed by atoms with van der Waals surface area (Å²) in [6.07, 6.45) is 0. The Kier molecular flexibility index (Phi) is 4.50. The predicted octanol–water partition coefficient (Wildman–Crippen LogP) is 8.20. The summed E-state index contributed by atoms with van der Waals surface area (Å²) in [5.41, 5.74) is 9.46. The number of para-hydroxylation sites is 1. The van der Waals surface area contributed by atoms with Gasteiger partial charge in [-0.25, -0.2) is 9.97 Å². The van der Waals surface area contributed by atoms with Crippen molar-refractivity contribution in [3.05, 3.63) is 108 Å². The van der Waals surface area contributed by atoms with E-state index in [9.17, 15) is 0 Å². The van der Waals surface area contributed by atoms with E-state index < -0.39 is 0 Å². The summed E-state index contributed by atoms with van der Waals surface area (Å²) in [6.45, 7) is 9.45. The molecule has 5 aromatic rings. The van der Waals surface area contributed by atoms with Crippen LogP contribution in [-0.2, 0) is 10.8 Å². The van der Waals surface area contributed by atoms with Crippen molar-refractivity contribution in [2.24, 2.45) is 0 Å². The summed E-state index contributed by atoms with van der Waals surface area (Å²) in [6, 6.07) is 34.3. The zero-order valence-corrected chi connectivity index (χ0v) is 20.1. The zero-order valence-electron chi connectivity index (χ0n) is 20.1. The fourth-order valence-electron chi connectivity index (χ4n) is 5.39. The van der Waals surface area contributed by atoms with E-state index in [1.807, 2.05) is 12.1 Å². The normalized spacial score (nSPS) is 15.5. The van der Waals surface area contributed by atoms with Gasteiger partial charge in [-0.15, -0.1) is 0 Å². The fraction of sp³-hybridized carbons (Fsp3) is 0.188. The highest BCUT2D eigenvalue weighted by atomic mass is 14.9. The zero-order chi connectivity index (χ0) is 23.5. The molecule has 0 bridgehead atoms. The van der Waals surface area contributed by atoms with Crippen LogP contribution in [0.5, 0.6) is 0 Å². The van der Waals surface area contributed by atoms with Crippen molar-refractivity contribution < 1.29 is 0 Å². The number of nitrogens with zero attached hydrogens (tertiary/aromatic N) is 2. The summed E-state index contributed by atoms with van der Waals surface area (Å²) in [5, 5.41) is 1.07. The first-order chi connectivity index (χ1) is 16.4. The molecular weight excluding hydrogens is 412 g/mol. The fourth-order valence-corrected chi connectivity index (χ4v) is 5.39. The quantitative estimate of drug-likeness (QED) is 0.276. The van der Waals surface area contributed by atoms with Crippen LogP contribution in [0.4, 0.5) is 0 Å². The second kappa shape index (κ2) is 7.36. The molecule has 0 aliphatic heterocycles. The SMILES string of the molecule is CC1(C)c2ccccc2-c2ccc(-c3nc(-c4ccccc4)c4ccccc4n3)cc2C1(C)C. The average molecular weight is 441 g/mol. The van der Waals surface area contributed by atoms with Gasteiger partial charge >= 0.3 is 0 Å². The second-order valence-electron chi connectivity index (χ2n) is 10.3. The lowest BCUT2D eigenvalue weighted by Gasteiger charge is -2.48. The molecule has 1 aliphatic rings. The average Bonchev–Trinajstić information content (AvgIpc) is 2.87. The van der Waals surface area contributed by atoms with Gasteiger partial charge in [0.2, 0.25) is 0 Å². The van der Waals surface area contributed by atoms with Gasteiger partial charge in [-0.1, -0.05) is 113 Å². The minimum Gasteiger partial charge on any atom is -0.228 e. The molecule has 166 valence electrons. The standard InChI is InChI=1S/C32H28N2/c1-31(2)26-16-10-8-14-23(26)24-19-18-22(20-27(24)32(31,3)4)30-33-28-17-11-9-15-25(28)29(34-30)21-12-6-5-7-13-21/h5-20H,1-4H3. The van der Waals surface area contributed by atoms with Crippen LogP contribution in [-0.4, -0.2) is 9.97 Å². The molecule has 34 heavy (non-hydrogen) atoms. The van der Waals surface area contributed by atoms with Gasteiger partial charge in [0.05, 0.1) is 11.2 Å².